The summed E-state index contributed by atoms with van der Waals surface area (Å²) in [4.78, 5) is 36.2. The van der Waals surface area contributed by atoms with Gasteiger partial charge in [0.05, 0.1) is 18.0 Å². The monoisotopic (exact) mass is 388 g/mol. The van der Waals surface area contributed by atoms with Crippen molar-refractivity contribution in [2.24, 2.45) is 0 Å². The van der Waals surface area contributed by atoms with Crippen LogP contribution in [0.4, 0.5) is 10.1 Å². The van der Waals surface area contributed by atoms with Gasteiger partial charge in [-0.3, -0.25) is 19.7 Å². The van der Waals surface area contributed by atoms with Gasteiger partial charge in [0.15, 0.2) is 0 Å². The maximum Gasteiger partial charge on any atom is 0.307 e. The first kappa shape index (κ1) is 21.0. The van der Waals surface area contributed by atoms with E-state index in [0.717, 1.165) is 5.56 Å². The maximum absolute atomic E-state index is 13.0. The zero-order valence-corrected chi connectivity index (χ0v) is 15.5. The molecule has 0 bridgehead atoms. The first-order valence-corrected chi connectivity index (χ1v) is 8.84. The van der Waals surface area contributed by atoms with E-state index < -0.39 is 10.9 Å². The van der Waals surface area contributed by atoms with Crippen molar-refractivity contribution in [2.75, 3.05) is 19.7 Å². The number of carbonyl (C=O) groups is 2. The van der Waals surface area contributed by atoms with Crippen molar-refractivity contribution in [1.29, 1.82) is 0 Å². The zero-order chi connectivity index (χ0) is 20.5. The average Bonchev–Trinajstić information content (AvgIpc) is 2.69. The number of nitrogens with zero attached hydrogens (tertiary/aromatic N) is 2. The van der Waals surface area contributed by atoms with Crippen LogP contribution in [0, 0.1) is 15.9 Å². The third-order valence-corrected chi connectivity index (χ3v) is 4.09. The van der Waals surface area contributed by atoms with Crippen molar-refractivity contribution in [3.8, 4) is 0 Å². The maximum atomic E-state index is 13.0. The molecule has 0 aliphatic rings. The molecule has 148 valence electrons. The molecule has 0 saturated carbocycles. The lowest BCUT2D eigenvalue weighted by Gasteiger charge is -2.22. The van der Waals surface area contributed by atoms with Gasteiger partial charge in [-0.1, -0.05) is 12.1 Å². The quantitative estimate of drug-likeness (QED) is 0.373. The van der Waals surface area contributed by atoms with Gasteiger partial charge in [0.2, 0.25) is 0 Å². The van der Waals surface area contributed by atoms with E-state index in [2.05, 4.69) is 0 Å². The van der Waals surface area contributed by atoms with Crippen molar-refractivity contribution in [2.45, 2.75) is 19.8 Å². The molecule has 0 radical (unpaired) electrons. The molecule has 0 unspecified atom stereocenters. The Morgan fingerprint density at radius 1 is 1.07 bits per heavy atom. The Morgan fingerprint density at radius 2 is 1.71 bits per heavy atom. The van der Waals surface area contributed by atoms with E-state index in [9.17, 15) is 24.1 Å². The Labute approximate surface area is 161 Å². The lowest BCUT2D eigenvalue weighted by atomic mass is 10.1. The second kappa shape index (κ2) is 10.1. The molecule has 0 aliphatic heterocycles. The number of benzene rings is 2. The van der Waals surface area contributed by atoms with Crippen LogP contribution in [0.2, 0.25) is 0 Å². The number of hydrogen-bond donors (Lipinski definition) is 0. The molecule has 0 N–H and O–H groups in total. The summed E-state index contributed by atoms with van der Waals surface area (Å²) < 4.78 is 17.9. The predicted octanol–water partition coefficient (Wildman–Crippen LogP) is 3.37. The molecule has 0 spiro atoms. The number of esters is 1. The largest absolute Gasteiger partial charge is 0.466 e. The van der Waals surface area contributed by atoms with Crippen molar-refractivity contribution in [3.63, 3.8) is 0 Å². The number of ether oxygens (including phenoxy) is 1. The zero-order valence-electron chi connectivity index (χ0n) is 15.5. The molecule has 2 aromatic carbocycles. The summed E-state index contributed by atoms with van der Waals surface area (Å²) in [6.07, 6.45) is 0.512. The van der Waals surface area contributed by atoms with Crippen molar-refractivity contribution >= 4 is 17.6 Å². The number of non-ortho nitro benzene ring substituents is 1. The van der Waals surface area contributed by atoms with Gasteiger partial charge in [0, 0.05) is 30.8 Å². The third-order valence-electron chi connectivity index (χ3n) is 4.09. The van der Waals surface area contributed by atoms with E-state index in [1.807, 2.05) is 0 Å². The number of hydrogen-bond acceptors (Lipinski definition) is 5. The van der Waals surface area contributed by atoms with Gasteiger partial charge in [0.25, 0.3) is 11.6 Å². The normalized spacial score (nSPS) is 10.4. The Balaban J connectivity index is 2.10. The lowest BCUT2D eigenvalue weighted by Crippen LogP contribution is -2.35. The van der Waals surface area contributed by atoms with Gasteiger partial charge in [-0.25, -0.2) is 4.39 Å². The first-order valence-electron chi connectivity index (χ1n) is 8.84. The minimum Gasteiger partial charge on any atom is -0.466 e. The molecule has 1 amide bonds. The van der Waals surface area contributed by atoms with Gasteiger partial charge >= 0.3 is 5.97 Å². The number of halogens is 1. The van der Waals surface area contributed by atoms with Crippen LogP contribution in [0.25, 0.3) is 0 Å². The molecule has 7 nitrogen and oxygen atoms in total. The fourth-order valence-electron chi connectivity index (χ4n) is 2.60. The highest BCUT2D eigenvalue weighted by Crippen LogP contribution is 2.15. The minimum absolute atomic E-state index is 0.0377. The molecule has 0 aromatic heterocycles. The number of carbonyl (C=O) groups excluding carboxylic acids is 2. The van der Waals surface area contributed by atoms with E-state index in [4.69, 9.17) is 4.74 Å². The number of amides is 1. The molecular weight excluding hydrogens is 367 g/mol. The highest BCUT2D eigenvalue weighted by Gasteiger charge is 2.18. The van der Waals surface area contributed by atoms with Crippen molar-refractivity contribution in [3.05, 3.63) is 75.6 Å². The van der Waals surface area contributed by atoms with Gasteiger partial charge < -0.3 is 9.64 Å². The summed E-state index contributed by atoms with van der Waals surface area (Å²) in [5, 5.41) is 10.8. The molecule has 2 aromatic rings. The van der Waals surface area contributed by atoms with Crippen LogP contribution in [-0.4, -0.2) is 41.4 Å². The predicted molar refractivity (Wildman–Crippen MR) is 100 cm³/mol. The number of nitro groups is 1. The van der Waals surface area contributed by atoms with E-state index in [1.54, 1.807) is 19.1 Å². The van der Waals surface area contributed by atoms with E-state index in [0.29, 0.717) is 13.0 Å². The smallest absolute Gasteiger partial charge is 0.307 e. The molecule has 0 fully saturated rings. The summed E-state index contributed by atoms with van der Waals surface area (Å²) in [7, 11) is 0. The van der Waals surface area contributed by atoms with Crippen LogP contribution in [0.5, 0.6) is 0 Å². The van der Waals surface area contributed by atoms with Crippen LogP contribution in [0.1, 0.15) is 29.3 Å². The summed E-state index contributed by atoms with van der Waals surface area (Å²) >= 11 is 0. The summed E-state index contributed by atoms with van der Waals surface area (Å²) in [6.45, 7) is 2.41. The molecule has 0 atom stereocenters. The number of nitro benzene ring substituents is 1. The van der Waals surface area contributed by atoms with Gasteiger partial charge in [-0.15, -0.1) is 0 Å². The second-order valence-electron chi connectivity index (χ2n) is 6.03. The average molecular weight is 388 g/mol. The minimum atomic E-state index is -0.540. The Hall–Kier alpha value is -3.29. The molecule has 0 heterocycles. The SMILES string of the molecule is CCOC(=O)CCN(CCc1ccc(F)cc1)C(=O)c1ccc([N+](=O)[O-])cc1. The van der Waals surface area contributed by atoms with Crippen molar-refractivity contribution < 1.29 is 23.6 Å². The topological polar surface area (TPSA) is 89.8 Å². The molecule has 2 rings (SSSR count). The van der Waals surface area contributed by atoms with Gasteiger partial charge in [-0.2, -0.15) is 0 Å². The summed E-state index contributed by atoms with van der Waals surface area (Å²) in [6, 6.07) is 11.2. The number of rotatable bonds is 9. The Bertz CT molecular complexity index is 821. The Morgan fingerprint density at radius 3 is 2.29 bits per heavy atom. The van der Waals surface area contributed by atoms with Crippen LogP contribution >= 0.6 is 0 Å². The summed E-state index contributed by atoms with van der Waals surface area (Å²) in [5.74, 6) is -1.10. The summed E-state index contributed by atoms with van der Waals surface area (Å²) in [5.41, 5.74) is 1.02. The Kier molecular flexibility index (Phi) is 7.62. The fraction of sp³-hybridized carbons (Fsp3) is 0.300. The molecule has 0 saturated heterocycles. The molecular formula is C20H21FN2O5. The molecule has 28 heavy (non-hydrogen) atoms. The second-order valence-corrected chi connectivity index (χ2v) is 6.03. The van der Waals surface area contributed by atoms with Crippen LogP contribution < -0.4 is 0 Å². The lowest BCUT2D eigenvalue weighted by molar-refractivity contribution is -0.384. The van der Waals surface area contributed by atoms with Gasteiger partial charge in [0.1, 0.15) is 5.82 Å². The van der Waals surface area contributed by atoms with E-state index in [-0.39, 0.29) is 42.5 Å². The standard InChI is InChI=1S/C20H21FN2O5/c1-2-28-19(24)12-14-22(13-11-15-3-7-17(21)8-4-15)20(25)16-5-9-18(10-6-16)23(26)27/h3-10H,2,11-14H2,1H3. The molecule has 8 heteroatoms. The van der Waals surface area contributed by atoms with E-state index in [1.165, 1.54) is 41.3 Å². The highest BCUT2D eigenvalue weighted by atomic mass is 19.1. The van der Waals surface area contributed by atoms with Crippen molar-refractivity contribution in [1.82, 2.24) is 4.90 Å². The van der Waals surface area contributed by atoms with Crippen LogP contribution in [0.3, 0.4) is 0 Å². The van der Waals surface area contributed by atoms with Crippen LogP contribution in [-0.2, 0) is 16.0 Å². The van der Waals surface area contributed by atoms with E-state index >= 15 is 0 Å². The van der Waals surface area contributed by atoms with Gasteiger partial charge in [-0.05, 0) is 43.2 Å². The third kappa shape index (κ3) is 6.15. The van der Waals surface area contributed by atoms with Crippen LogP contribution in [0.15, 0.2) is 48.5 Å². The first-order chi connectivity index (χ1) is 13.4. The molecule has 0 aliphatic carbocycles. The fourth-order valence-corrected chi connectivity index (χ4v) is 2.60. The highest BCUT2D eigenvalue weighted by molar-refractivity contribution is 5.94.